The van der Waals surface area contributed by atoms with Crippen molar-refractivity contribution in [3.05, 3.63) is 96.7 Å². The Hall–Kier alpha value is -2.65. The van der Waals surface area contributed by atoms with Crippen molar-refractivity contribution < 1.29 is 9.53 Å². The molecular weight excluding hydrogens is 334 g/mol. The van der Waals surface area contributed by atoms with Crippen LogP contribution in [-0.2, 0) is 16.0 Å². The van der Waals surface area contributed by atoms with E-state index < -0.39 is 6.10 Å². The van der Waals surface area contributed by atoms with Crippen LogP contribution in [0.25, 0.3) is 0 Å². The molecule has 0 radical (unpaired) electrons. The number of ether oxygens (including phenoxy) is 1. The van der Waals surface area contributed by atoms with Gasteiger partial charge in [0.15, 0.2) is 0 Å². The number of hydrogen-bond donors (Lipinski definition) is 0. The molecule has 140 valence electrons. The Morgan fingerprint density at radius 2 is 2.04 bits per heavy atom. The van der Waals surface area contributed by atoms with E-state index in [9.17, 15) is 4.79 Å². The van der Waals surface area contributed by atoms with Crippen molar-refractivity contribution in [1.29, 1.82) is 0 Å². The van der Waals surface area contributed by atoms with Crippen LogP contribution < -0.4 is 0 Å². The third-order valence-electron chi connectivity index (χ3n) is 5.14. The molecule has 1 aromatic carbocycles. The minimum atomic E-state index is -0.496. The molecule has 1 aliphatic carbocycles. The molecule has 1 amide bonds. The Bertz CT molecular complexity index is 788. The van der Waals surface area contributed by atoms with Crippen LogP contribution in [-0.4, -0.2) is 36.1 Å². The van der Waals surface area contributed by atoms with Gasteiger partial charge < -0.3 is 9.64 Å². The van der Waals surface area contributed by atoms with Crippen LogP contribution in [0.2, 0.25) is 0 Å². The number of rotatable bonds is 6. The molecule has 0 bridgehead atoms. The van der Waals surface area contributed by atoms with Gasteiger partial charge in [-0.05, 0) is 29.6 Å². The Morgan fingerprint density at radius 1 is 1.26 bits per heavy atom. The fraction of sp³-hybridized carbons (Fsp3) is 0.292. The van der Waals surface area contributed by atoms with Crippen LogP contribution >= 0.6 is 0 Å². The molecule has 3 rings (SSSR count). The third-order valence-corrected chi connectivity index (χ3v) is 5.14. The van der Waals surface area contributed by atoms with Gasteiger partial charge in [0.1, 0.15) is 12.2 Å². The molecule has 1 aliphatic heterocycles. The van der Waals surface area contributed by atoms with Crippen LogP contribution in [0.15, 0.2) is 91.1 Å². The first kappa shape index (κ1) is 19.1. The molecule has 1 aromatic rings. The number of hydrogen-bond acceptors (Lipinski definition) is 2. The maximum Gasteiger partial charge on any atom is 0.252 e. The first-order valence-corrected chi connectivity index (χ1v) is 9.43. The number of nitrogens with zero attached hydrogens (tertiary/aromatic N) is 1. The molecule has 1 fully saturated rings. The molecule has 3 atom stereocenters. The van der Waals surface area contributed by atoms with Gasteiger partial charge in [0, 0.05) is 13.5 Å². The summed E-state index contributed by atoms with van der Waals surface area (Å²) < 4.78 is 6.42. The van der Waals surface area contributed by atoms with E-state index in [-0.39, 0.29) is 18.1 Å². The molecule has 1 heterocycles. The molecule has 2 aliphatic rings. The molecule has 0 aromatic heterocycles. The van der Waals surface area contributed by atoms with Gasteiger partial charge in [-0.25, -0.2) is 0 Å². The maximum atomic E-state index is 13.1. The van der Waals surface area contributed by atoms with Crippen molar-refractivity contribution in [1.82, 2.24) is 4.90 Å². The van der Waals surface area contributed by atoms with Crippen molar-refractivity contribution >= 4 is 5.91 Å². The lowest BCUT2D eigenvalue weighted by Gasteiger charge is -2.44. The van der Waals surface area contributed by atoms with Crippen LogP contribution in [0.4, 0.5) is 0 Å². The average molecular weight is 361 g/mol. The number of carbonyl (C=O) groups excluding carboxylic acids is 1. The maximum absolute atomic E-state index is 13.1. The summed E-state index contributed by atoms with van der Waals surface area (Å²) in [5, 5.41) is 0. The Balaban J connectivity index is 1.95. The first-order valence-electron chi connectivity index (χ1n) is 9.43. The molecule has 0 unspecified atom stereocenters. The normalized spacial score (nSPS) is 25.9. The van der Waals surface area contributed by atoms with E-state index in [0.29, 0.717) is 6.42 Å². The van der Waals surface area contributed by atoms with Gasteiger partial charge in [-0.1, -0.05) is 79.9 Å². The van der Waals surface area contributed by atoms with Crippen molar-refractivity contribution in [2.24, 2.45) is 0 Å². The second-order valence-corrected chi connectivity index (χ2v) is 6.92. The van der Waals surface area contributed by atoms with Gasteiger partial charge in [-0.3, -0.25) is 4.79 Å². The summed E-state index contributed by atoms with van der Waals surface area (Å²) >= 11 is 0. The molecule has 0 N–H and O–H groups in total. The third kappa shape index (κ3) is 4.20. The Labute approximate surface area is 162 Å². The molecular formula is C24H27NO2. The summed E-state index contributed by atoms with van der Waals surface area (Å²) in [6.07, 6.45) is 13.8. The van der Waals surface area contributed by atoms with Crippen molar-refractivity contribution in [2.75, 3.05) is 7.05 Å². The number of morpholine rings is 1. The van der Waals surface area contributed by atoms with E-state index in [4.69, 9.17) is 4.74 Å². The molecule has 0 spiro atoms. The molecule has 3 heteroatoms. The lowest BCUT2D eigenvalue weighted by atomic mass is 9.88. The standard InChI is InChI=1S/C24H27NO2/c1-4-12-19(5-2)22-23(20-15-10-7-11-16-20)27-21(24(26)25(22)3)17-18-13-8-6-9-14-18/h4-6,8-10,12-16,21-23H,1-2,7,11,17H2,3H3/b19-12+/t21-,22+,23-/m0/s1. The quantitative estimate of drug-likeness (QED) is 0.703. The molecule has 3 nitrogen and oxygen atoms in total. The van der Waals surface area contributed by atoms with Gasteiger partial charge in [-0.15, -0.1) is 0 Å². The summed E-state index contributed by atoms with van der Waals surface area (Å²) in [7, 11) is 1.86. The minimum absolute atomic E-state index is 0.00250. The van der Waals surface area contributed by atoms with Gasteiger partial charge in [0.05, 0.1) is 6.04 Å². The highest BCUT2D eigenvalue weighted by molar-refractivity contribution is 5.83. The van der Waals surface area contributed by atoms with E-state index in [2.05, 4.69) is 31.4 Å². The van der Waals surface area contributed by atoms with E-state index in [1.54, 1.807) is 12.2 Å². The first-order chi connectivity index (χ1) is 13.2. The van der Waals surface area contributed by atoms with Crippen LogP contribution in [0.3, 0.4) is 0 Å². The smallest absolute Gasteiger partial charge is 0.252 e. The molecule has 27 heavy (non-hydrogen) atoms. The predicted molar refractivity (Wildman–Crippen MR) is 110 cm³/mol. The lowest BCUT2D eigenvalue weighted by molar-refractivity contribution is -0.162. The molecule has 0 saturated carbocycles. The number of likely N-dealkylation sites (N-methyl/N-ethyl adjacent to an activating group) is 1. The van der Waals surface area contributed by atoms with E-state index >= 15 is 0 Å². The fourth-order valence-electron chi connectivity index (χ4n) is 3.77. The number of benzene rings is 1. The summed E-state index contributed by atoms with van der Waals surface area (Å²) in [4.78, 5) is 14.9. The van der Waals surface area contributed by atoms with Crippen molar-refractivity contribution in [3.63, 3.8) is 0 Å². The van der Waals surface area contributed by atoms with Crippen LogP contribution in [0.5, 0.6) is 0 Å². The van der Waals surface area contributed by atoms with E-state index in [1.807, 2.05) is 48.4 Å². The SMILES string of the molecule is C=C/C=C(\C=C)[C@@H]1[C@H](C2=CCCC=C2)O[C@@H](Cc2ccccc2)C(=O)N1C. The highest BCUT2D eigenvalue weighted by Crippen LogP contribution is 2.32. The monoisotopic (exact) mass is 361 g/mol. The van der Waals surface area contributed by atoms with Crippen molar-refractivity contribution in [3.8, 4) is 0 Å². The van der Waals surface area contributed by atoms with Crippen LogP contribution in [0, 0.1) is 0 Å². The average Bonchev–Trinajstić information content (AvgIpc) is 2.71. The number of carbonyl (C=O) groups is 1. The number of amides is 1. The Kier molecular flexibility index (Phi) is 6.25. The summed E-state index contributed by atoms with van der Waals surface area (Å²) in [5.41, 5.74) is 3.16. The van der Waals surface area contributed by atoms with Gasteiger partial charge in [0.2, 0.25) is 0 Å². The summed E-state index contributed by atoms with van der Waals surface area (Å²) in [5.74, 6) is -0.00250. The Morgan fingerprint density at radius 3 is 2.67 bits per heavy atom. The van der Waals surface area contributed by atoms with Crippen LogP contribution in [0.1, 0.15) is 18.4 Å². The zero-order valence-corrected chi connectivity index (χ0v) is 15.9. The zero-order chi connectivity index (χ0) is 19.2. The number of allylic oxidation sites excluding steroid dienone is 4. The lowest BCUT2D eigenvalue weighted by Crippen LogP contribution is -2.58. The summed E-state index contributed by atoms with van der Waals surface area (Å²) in [6.45, 7) is 7.73. The largest absolute Gasteiger partial charge is 0.358 e. The fourth-order valence-corrected chi connectivity index (χ4v) is 3.77. The van der Waals surface area contributed by atoms with Crippen molar-refractivity contribution in [2.45, 2.75) is 37.5 Å². The van der Waals surface area contributed by atoms with Gasteiger partial charge in [0.25, 0.3) is 5.91 Å². The van der Waals surface area contributed by atoms with E-state index in [0.717, 1.165) is 29.6 Å². The summed E-state index contributed by atoms with van der Waals surface area (Å²) in [6, 6.07) is 9.80. The highest BCUT2D eigenvalue weighted by atomic mass is 16.5. The molecule has 1 saturated heterocycles. The zero-order valence-electron chi connectivity index (χ0n) is 15.9. The second-order valence-electron chi connectivity index (χ2n) is 6.92. The second kappa shape index (κ2) is 8.83. The van der Waals surface area contributed by atoms with E-state index in [1.165, 1.54) is 0 Å². The highest BCUT2D eigenvalue weighted by Gasteiger charge is 2.42. The predicted octanol–water partition coefficient (Wildman–Crippen LogP) is 4.40. The van der Waals surface area contributed by atoms with Gasteiger partial charge >= 0.3 is 0 Å². The minimum Gasteiger partial charge on any atom is -0.358 e. The van der Waals surface area contributed by atoms with Gasteiger partial charge in [-0.2, -0.15) is 0 Å². The topological polar surface area (TPSA) is 29.5 Å².